The molecule has 1 aliphatic heterocycles. The van der Waals surface area contributed by atoms with Crippen molar-refractivity contribution in [2.75, 3.05) is 0 Å². The van der Waals surface area contributed by atoms with Gasteiger partial charge in [-0.1, -0.05) is 116 Å². The van der Waals surface area contributed by atoms with Crippen LogP contribution in [-0.4, -0.2) is 10.8 Å². The van der Waals surface area contributed by atoms with Crippen molar-refractivity contribution in [1.29, 1.82) is 0 Å². The number of allylic oxidation sites excluding steroid dienone is 3. The second-order valence-electron chi connectivity index (χ2n) is 10.6. The maximum absolute atomic E-state index is 4.55. The Morgan fingerprint density at radius 3 is 1.88 bits per heavy atom. The largest absolute Gasteiger partial charge is 0.309 e. The van der Waals surface area contributed by atoms with Crippen LogP contribution in [0.3, 0.4) is 0 Å². The molecule has 2 heterocycles. The molecule has 0 radical (unpaired) electrons. The van der Waals surface area contributed by atoms with Gasteiger partial charge in [0.2, 0.25) is 0 Å². The summed E-state index contributed by atoms with van der Waals surface area (Å²) in [5, 5.41) is 1.27. The van der Waals surface area contributed by atoms with Crippen LogP contribution in [0, 0.1) is 0 Å². The van der Waals surface area contributed by atoms with Crippen molar-refractivity contribution >= 4 is 22.7 Å². The first-order valence-corrected chi connectivity index (χ1v) is 14.0. The van der Waals surface area contributed by atoms with Crippen LogP contribution in [0.25, 0.3) is 55.7 Å². The van der Waals surface area contributed by atoms with Gasteiger partial charge in [-0.2, -0.15) is 0 Å². The summed E-state index contributed by atoms with van der Waals surface area (Å²) in [6, 6.07) is 45.7. The standard InChI is InChI=1S/C35H25N.C4H5N/c1-24-22-29-23-28(27-18-16-26(17-19-27)25-10-4-2-5-11-25)20-21-31(29)35-34(24)32-14-8-9-15-33(32)36(35)30-12-6-3-7-13-30;1-4-2-3-5-4/h2-21,23H,1,22H2;2-3H,1H3. The summed E-state index contributed by atoms with van der Waals surface area (Å²) < 4.78 is 2.40. The molecule has 0 unspecified atom stereocenters. The second-order valence-corrected chi connectivity index (χ2v) is 10.6. The minimum absolute atomic E-state index is 0.862. The average molecular weight is 527 g/mol. The minimum Gasteiger partial charge on any atom is -0.309 e. The number of hydrogen-bond donors (Lipinski definition) is 0. The van der Waals surface area contributed by atoms with E-state index in [4.69, 9.17) is 0 Å². The van der Waals surface area contributed by atoms with Gasteiger partial charge in [-0.25, -0.2) is 0 Å². The number of hydrogen-bond acceptors (Lipinski definition) is 1. The van der Waals surface area contributed by atoms with E-state index in [1.807, 2.05) is 13.0 Å². The minimum atomic E-state index is 0.862. The van der Waals surface area contributed by atoms with Crippen LogP contribution in [0.4, 0.5) is 0 Å². The van der Waals surface area contributed by atoms with Crippen LogP contribution in [0.2, 0.25) is 0 Å². The van der Waals surface area contributed by atoms with E-state index >= 15 is 0 Å². The quantitative estimate of drug-likeness (QED) is 0.218. The molecule has 41 heavy (non-hydrogen) atoms. The molecule has 0 bridgehead atoms. The van der Waals surface area contributed by atoms with Gasteiger partial charge in [0.25, 0.3) is 0 Å². The van der Waals surface area contributed by atoms with Crippen LogP contribution in [0.1, 0.15) is 18.1 Å². The lowest BCUT2D eigenvalue weighted by molar-refractivity contribution is 1.11. The smallest absolute Gasteiger partial charge is 0.0619 e. The Morgan fingerprint density at radius 1 is 0.659 bits per heavy atom. The van der Waals surface area contributed by atoms with E-state index in [0.717, 1.165) is 12.1 Å². The molecule has 0 fully saturated rings. The van der Waals surface area contributed by atoms with E-state index in [9.17, 15) is 0 Å². The number of para-hydroxylation sites is 2. The molecule has 6 aromatic rings. The van der Waals surface area contributed by atoms with Crippen molar-refractivity contribution in [3.8, 4) is 39.2 Å². The van der Waals surface area contributed by atoms with E-state index in [1.54, 1.807) is 6.21 Å². The van der Waals surface area contributed by atoms with Gasteiger partial charge in [0.05, 0.1) is 11.2 Å². The van der Waals surface area contributed by atoms with Crippen molar-refractivity contribution in [2.24, 2.45) is 4.99 Å². The Bertz CT molecular complexity index is 1950. The molecule has 0 saturated carbocycles. The lowest BCUT2D eigenvalue weighted by Gasteiger charge is -2.23. The average Bonchev–Trinajstić information content (AvgIpc) is 3.37. The Hall–Kier alpha value is -5.21. The Labute approximate surface area is 241 Å². The predicted octanol–water partition coefficient (Wildman–Crippen LogP) is 10.2. The molecule has 0 N–H and O–H groups in total. The fraction of sp³-hybridized carbons (Fsp3) is 0.0513. The summed E-state index contributed by atoms with van der Waals surface area (Å²) in [6.07, 6.45) is 4.62. The Morgan fingerprint density at radius 2 is 1.22 bits per heavy atom. The van der Waals surface area contributed by atoms with Gasteiger partial charge in [0.1, 0.15) is 0 Å². The Kier molecular flexibility index (Phi) is 6.29. The van der Waals surface area contributed by atoms with Crippen molar-refractivity contribution in [3.05, 3.63) is 157 Å². The van der Waals surface area contributed by atoms with Crippen LogP contribution in [0.15, 0.2) is 151 Å². The molecule has 196 valence electrons. The fourth-order valence-corrected chi connectivity index (χ4v) is 5.88. The summed E-state index contributed by atoms with van der Waals surface area (Å²) in [4.78, 5) is 3.81. The first-order valence-electron chi connectivity index (χ1n) is 14.0. The molecule has 0 atom stereocenters. The van der Waals surface area contributed by atoms with Crippen LogP contribution in [0.5, 0.6) is 0 Å². The molecule has 8 rings (SSSR count). The molecule has 1 aliphatic carbocycles. The first kappa shape index (κ1) is 24.8. The van der Waals surface area contributed by atoms with Crippen LogP contribution < -0.4 is 0 Å². The molecule has 0 saturated heterocycles. The topological polar surface area (TPSA) is 17.3 Å². The van der Waals surface area contributed by atoms with Crippen molar-refractivity contribution in [1.82, 2.24) is 4.57 Å². The monoisotopic (exact) mass is 526 g/mol. The predicted molar refractivity (Wildman–Crippen MR) is 175 cm³/mol. The summed E-state index contributed by atoms with van der Waals surface area (Å²) in [6.45, 7) is 6.52. The molecule has 2 heteroatoms. The molecule has 0 amide bonds. The van der Waals surface area contributed by atoms with Crippen LogP contribution in [-0.2, 0) is 6.42 Å². The highest BCUT2D eigenvalue weighted by atomic mass is 15.0. The van der Waals surface area contributed by atoms with Crippen molar-refractivity contribution < 1.29 is 0 Å². The summed E-state index contributed by atoms with van der Waals surface area (Å²) >= 11 is 0. The summed E-state index contributed by atoms with van der Waals surface area (Å²) in [7, 11) is 0. The number of benzene rings is 5. The zero-order valence-electron chi connectivity index (χ0n) is 23.1. The third-order valence-corrected chi connectivity index (χ3v) is 7.93. The van der Waals surface area contributed by atoms with Gasteiger partial charge >= 0.3 is 0 Å². The van der Waals surface area contributed by atoms with Gasteiger partial charge in [-0.15, -0.1) is 0 Å². The first-order chi connectivity index (χ1) is 20.2. The highest BCUT2D eigenvalue weighted by molar-refractivity contribution is 6.04. The number of rotatable bonds is 3. The Balaban J connectivity index is 0.000000502. The van der Waals surface area contributed by atoms with Gasteiger partial charge < -0.3 is 4.57 Å². The third kappa shape index (κ3) is 4.54. The summed E-state index contributed by atoms with van der Waals surface area (Å²) in [5.74, 6) is 0. The molecule has 5 aromatic carbocycles. The van der Waals surface area contributed by atoms with E-state index < -0.39 is 0 Å². The third-order valence-electron chi connectivity index (χ3n) is 7.93. The summed E-state index contributed by atoms with van der Waals surface area (Å²) in [5.41, 5.74) is 14.8. The number of aromatic nitrogens is 1. The van der Waals surface area contributed by atoms with E-state index in [2.05, 4.69) is 144 Å². The van der Waals surface area contributed by atoms with Crippen molar-refractivity contribution in [3.63, 3.8) is 0 Å². The highest BCUT2D eigenvalue weighted by Gasteiger charge is 2.27. The van der Waals surface area contributed by atoms with E-state index in [-0.39, 0.29) is 0 Å². The van der Waals surface area contributed by atoms with Crippen molar-refractivity contribution in [2.45, 2.75) is 13.3 Å². The zero-order valence-corrected chi connectivity index (χ0v) is 23.1. The zero-order chi connectivity index (χ0) is 27.8. The number of aliphatic imine (C=N–C) groups is 1. The van der Waals surface area contributed by atoms with Gasteiger partial charge in [0.15, 0.2) is 0 Å². The van der Waals surface area contributed by atoms with Gasteiger partial charge in [-0.3, -0.25) is 4.99 Å². The maximum atomic E-state index is 4.55. The molecule has 1 aromatic heterocycles. The van der Waals surface area contributed by atoms with Crippen LogP contribution >= 0.6 is 0 Å². The van der Waals surface area contributed by atoms with Gasteiger partial charge in [0, 0.05) is 34.1 Å². The normalized spacial score (nSPS) is 13.0. The number of nitrogens with zero attached hydrogens (tertiary/aromatic N) is 2. The fourth-order valence-electron chi connectivity index (χ4n) is 5.88. The molecule has 2 aliphatic rings. The number of fused-ring (bicyclic) bond motifs is 5. The molecule has 0 spiro atoms. The van der Waals surface area contributed by atoms with E-state index in [1.165, 1.54) is 66.8 Å². The molecular formula is C39H30N2. The molecular weight excluding hydrogens is 496 g/mol. The maximum Gasteiger partial charge on any atom is 0.0619 e. The molecule has 2 nitrogen and oxygen atoms in total. The highest BCUT2D eigenvalue weighted by Crippen LogP contribution is 2.46. The van der Waals surface area contributed by atoms with E-state index in [0.29, 0.717) is 0 Å². The second kappa shape index (κ2) is 10.4. The SMILES string of the molecule is C=C1Cc2cc(-c3ccc(-c4ccccc4)cc3)ccc2-c2c1c1ccccc1n2-c1ccccc1.CC1=CC=N1. The lowest BCUT2D eigenvalue weighted by Crippen LogP contribution is -2.06. The van der Waals surface area contributed by atoms with Gasteiger partial charge in [-0.05, 0) is 71.0 Å². The lowest BCUT2D eigenvalue weighted by atomic mass is 9.84.